The van der Waals surface area contributed by atoms with Crippen molar-refractivity contribution >= 4 is 6.21 Å². The summed E-state index contributed by atoms with van der Waals surface area (Å²) in [6.45, 7) is 10.6. The molecule has 0 N–H and O–H groups in total. The smallest absolute Gasteiger partial charge is 0.0339 e. The second-order valence-electron chi connectivity index (χ2n) is 4.03. The Bertz CT molecular complexity index is 303. The fraction of sp³-hybridized carbons (Fsp3) is 0.533. The van der Waals surface area contributed by atoms with Crippen molar-refractivity contribution < 1.29 is 0 Å². The van der Waals surface area contributed by atoms with Crippen molar-refractivity contribution in [3.05, 3.63) is 35.1 Å². The molecule has 0 spiro atoms. The highest BCUT2D eigenvalue weighted by Gasteiger charge is 1.93. The summed E-state index contributed by atoms with van der Waals surface area (Å²) in [5.74, 6) is 0. The van der Waals surface area contributed by atoms with E-state index in [1.165, 1.54) is 23.1 Å². The molecule has 0 saturated heterocycles. The highest BCUT2D eigenvalue weighted by molar-refractivity contribution is 5.84. The molecule has 0 unspecified atom stereocenters. The molecule has 0 heterocycles. The van der Waals surface area contributed by atoms with Crippen LogP contribution in [0.25, 0.3) is 0 Å². The van der Waals surface area contributed by atoms with Gasteiger partial charge in [0.05, 0.1) is 0 Å². The summed E-state index contributed by atoms with van der Waals surface area (Å²) in [7, 11) is 0. The summed E-state index contributed by atoms with van der Waals surface area (Å²) in [6.07, 6.45) is 11.7. The van der Waals surface area contributed by atoms with Gasteiger partial charge in [-0.25, -0.2) is 0 Å². The van der Waals surface area contributed by atoms with Gasteiger partial charge >= 0.3 is 0 Å². The van der Waals surface area contributed by atoms with E-state index >= 15 is 0 Å². The molecule has 0 aromatic heterocycles. The number of hydrogen-bond acceptors (Lipinski definition) is 1. The summed E-state index contributed by atoms with van der Waals surface area (Å²) in [5.41, 5.74) is 3.84. The molecule has 0 rings (SSSR count). The van der Waals surface area contributed by atoms with Crippen LogP contribution >= 0.6 is 0 Å². The quantitative estimate of drug-likeness (QED) is 0.437. The molecule has 0 bridgehead atoms. The zero-order chi connectivity index (χ0) is 12.4. The molecule has 0 fully saturated rings. The fourth-order valence-electron chi connectivity index (χ4n) is 1.22. The van der Waals surface area contributed by atoms with Crippen LogP contribution in [-0.4, -0.2) is 6.21 Å². The average Bonchev–Trinajstić information content (AvgIpc) is 2.31. The number of hydrogen-bond donors (Lipinski definition) is 0. The van der Waals surface area contributed by atoms with Crippen LogP contribution in [0.4, 0.5) is 0 Å². The Morgan fingerprint density at radius 2 is 1.88 bits per heavy atom. The molecule has 0 radical (unpaired) electrons. The highest BCUT2D eigenvalue weighted by atomic mass is 14.7. The molecule has 1 nitrogen and oxygen atoms in total. The van der Waals surface area contributed by atoms with Crippen molar-refractivity contribution in [1.29, 1.82) is 0 Å². The van der Waals surface area contributed by atoms with Gasteiger partial charge in [0.15, 0.2) is 0 Å². The molecule has 16 heavy (non-hydrogen) atoms. The van der Waals surface area contributed by atoms with Crippen LogP contribution in [0.1, 0.15) is 53.9 Å². The monoisotopic (exact) mass is 219 g/mol. The van der Waals surface area contributed by atoms with E-state index in [0.717, 1.165) is 12.8 Å². The van der Waals surface area contributed by atoms with Gasteiger partial charge in [-0.3, -0.25) is 4.99 Å². The maximum Gasteiger partial charge on any atom is 0.0339 e. The van der Waals surface area contributed by atoms with Crippen molar-refractivity contribution in [1.82, 2.24) is 0 Å². The van der Waals surface area contributed by atoms with Crippen LogP contribution in [0, 0.1) is 0 Å². The lowest BCUT2D eigenvalue weighted by atomic mass is 10.1. The van der Waals surface area contributed by atoms with Crippen LogP contribution in [0.5, 0.6) is 0 Å². The van der Waals surface area contributed by atoms with Crippen molar-refractivity contribution in [2.24, 2.45) is 4.99 Å². The number of nitrogens with zero attached hydrogens (tertiary/aromatic N) is 1. The first-order valence-corrected chi connectivity index (χ1v) is 6.17. The SMILES string of the molecule is C/C=C(\C=N\C=C(/C)CC)C(/C)=C/CCC. The zero-order valence-corrected chi connectivity index (χ0v) is 11.4. The molecule has 0 aromatic carbocycles. The standard InChI is InChI=1S/C15H25N/c1-6-9-10-14(5)15(8-3)12-16-11-13(4)7-2/h8,10-12H,6-7,9H2,1-5H3/b13-11+,14-10+,15-8+,16-12+. The summed E-state index contributed by atoms with van der Waals surface area (Å²) < 4.78 is 0. The van der Waals surface area contributed by atoms with Crippen LogP contribution in [0.15, 0.2) is 40.1 Å². The molecule has 0 atom stereocenters. The third-order valence-electron chi connectivity index (χ3n) is 2.57. The van der Waals surface area contributed by atoms with Gasteiger partial charge in [0, 0.05) is 12.4 Å². The normalized spacial score (nSPS) is 14.9. The van der Waals surface area contributed by atoms with Gasteiger partial charge in [0.2, 0.25) is 0 Å². The van der Waals surface area contributed by atoms with E-state index in [4.69, 9.17) is 0 Å². The largest absolute Gasteiger partial charge is 0.264 e. The van der Waals surface area contributed by atoms with Crippen LogP contribution in [-0.2, 0) is 0 Å². The molecule has 0 aliphatic carbocycles. The van der Waals surface area contributed by atoms with E-state index < -0.39 is 0 Å². The molecule has 0 amide bonds. The summed E-state index contributed by atoms with van der Waals surface area (Å²) in [4.78, 5) is 4.35. The Morgan fingerprint density at radius 3 is 2.38 bits per heavy atom. The Labute approximate surface area is 101 Å². The number of unbranched alkanes of at least 4 members (excludes halogenated alkanes) is 1. The predicted octanol–water partition coefficient (Wildman–Crippen LogP) is 5.06. The Morgan fingerprint density at radius 1 is 1.19 bits per heavy atom. The zero-order valence-electron chi connectivity index (χ0n) is 11.4. The van der Waals surface area contributed by atoms with Crippen LogP contribution in [0.2, 0.25) is 0 Å². The van der Waals surface area contributed by atoms with Crippen molar-refractivity contribution in [2.45, 2.75) is 53.9 Å². The molecule has 90 valence electrons. The molecule has 0 aromatic rings. The molecular weight excluding hydrogens is 194 g/mol. The molecule has 0 saturated carbocycles. The van der Waals surface area contributed by atoms with Gasteiger partial charge in [0.1, 0.15) is 0 Å². The average molecular weight is 219 g/mol. The van der Waals surface area contributed by atoms with Crippen LogP contribution in [0.3, 0.4) is 0 Å². The molecule has 0 aliphatic heterocycles. The van der Waals surface area contributed by atoms with Gasteiger partial charge in [-0.05, 0) is 44.8 Å². The number of allylic oxidation sites excluding steroid dienone is 5. The number of rotatable bonds is 6. The lowest BCUT2D eigenvalue weighted by molar-refractivity contribution is 0.951. The van der Waals surface area contributed by atoms with E-state index in [1.807, 2.05) is 12.4 Å². The van der Waals surface area contributed by atoms with E-state index in [0.29, 0.717) is 0 Å². The predicted molar refractivity (Wildman–Crippen MR) is 75.0 cm³/mol. The molecule has 0 aliphatic rings. The Balaban J connectivity index is 4.54. The topological polar surface area (TPSA) is 12.4 Å². The molecule has 1 heteroatoms. The van der Waals surface area contributed by atoms with Crippen molar-refractivity contribution in [3.63, 3.8) is 0 Å². The van der Waals surface area contributed by atoms with Crippen LogP contribution < -0.4 is 0 Å². The second kappa shape index (κ2) is 9.14. The minimum atomic E-state index is 1.06. The fourth-order valence-corrected chi connectivity index (χ4v) is 1.22. The first-order chi connectivity index (χ1) is 7.65. The van der Waals surface area contributed by atoms with Gasteiger partial charge in [-0.1, -0.05) is 38.0 Å². The Hall–Kier alpha value is -1.11. The van der Waals surface area contributed by atoms with E-state index in [2.05, 4.69) is 51.8 Å². The first kappa shape index (κ1) is 14.9. The third-order valence-corrected chi connectivity index (χ3v) is 2.57. The second-order valence-corrected chi connectivity index (χ2v) is 4.03. The maximum atomic E-state index is 4.35. The summed E-state index contributed by atoms with van der Waals surface area (Å²) in [5, 5.41) is 0. The van der Waals surface area contributed by atoms with E-state index in [-0.39, 0.29) is 0 Å². The number of aliphatic imine (C=N–C) groups is 1. The van der Waals surface area contributed by atoms with Crippen molar-refractivity contribution in [3.8, 4) is 0 Å². The lowest BCUT2D eigenvalue weighted by Gasteiger charge is -2.00. The van der Waals surface area contributed by atoms with E-state index in [9.17, 15) is 0 Å². The highest BCUT2D eigenvalue weighted by Crippen LogP contribution is 2.09. The first-order valence-electron chi connectivity index (χ1n) is 6.17. The minimum Gasteiger partial charge on any atom is -0.264 e. The maximum absolute atomic E-state index is 4.35. The summed E-state index contributed by atoms with van der Waals surface area (Å²) >= 11 is 0. The van der Waals surface area contributed by atoms with Gasteiger partial charge in [-0.2, -0.15) is 0 Å². The van der Waals surface area contributed by atoms with Gasteiger partial charge in [-0.15, -0.1) is 0 Å². The van der Waals surface area contributed by atoms with Gasteiger partial charge in [0.25, 0.3) is 0 Å². The summed E-state index contributed by atoms with van der Waals surface area (Å²) in [6, 6.07) is 0. The minimum absolute atomic E-state index is 1.06. The Kier molecular flexibility index (Phi) is 8.51. The van der Waals surface area contributed by atoms with E-state index in [1.54, 1.807) is 0 Å². The molecular formula is C15H25N. The third kappa shape index (κ3) is 6.39. The van der Waals surface area contributed by atoms with Gasteiger partial charge < -0.3 is 0 Å². The lowest BCUT2D eigenvalue weighted by Crippen LogP contribution is -1.87. The van der Waals surface area contributed by atoms with Crippen molar-refractivity contribution in [2.75, 3.05) is 0 Å².